The monoisotopic (exact) mass is 337 g/mol. The summed E-state index contributed by atoms with van der Waals surface area (Å²) in [5.74, 6) is -0.624. The lowest BCUT2D eigenvalue weighted by Crippen LogP contribution is -2.08. The first-order valence-electron chi connectivity index (χ1n) is 7.41. The van der Waals surface area contributed by atoms with Crippen LogP contribution in [0.1, 0.15) is 22.3 Å². The Hall–Kier alpha value is -3.59. The Kier molecular flexibility index (Phi) is 6.32. The largest absolute Gasteiger partial charge is 0.493 e. The van der Waals surface area contributed by atoms with E-state index in [4.69, 9.17) is 19.8 Å². The van der Waals surface area contributed by atoms with E-state index in [2.05, 4.69) is 0 Å². The summed E-state index contributed by atoms with van der Waals surface area (Å²) in [4.78, 5) is 22.5. The third-order valence-corrected chi connectivity index (χ3v) is 3.08. The minimum atomic E-state index is -1.03. The molecule has 0 aliphatic rings. The topological polar surface area (TPSA) is 96.6 Å². The molecule has 0 heterocycles. The quantitative estimate of drug-likeness (QED) is 0.360. The molecule has 0 fully saturated rings. The Morgan fingerprint density at radius 3 is 2.28 bits per heavy atom. The number of carbonyl (C=O) groups is 2. The third-order valence-electron chi connectivity index (χ3n) is 3.08. The Labute approximate surface area is 144 Å². The molecule has 2 aromatic carbocycles. The fourth-order valence-corrected chi connectivity index (χ4v) is 1.88. The van der Waals surface area contributed by atoms with Gasteiger partial charge in [-0.05, 0) is 48.0 Å². The second-order valence-corrected chi connectivity index (χ2v) is 4.91. The number of carboxylic acids is 1. The van der Waals surface area contributed by atoms with Crippen LogP contribution < -0.4 is 9.47 Å². The summed E-state index contributed by atoms with van der Waals surface area (Å²) in [7, 11) is 0. The van der Waals surface area contributed by atoms with Crippen LogP contribution in [0.3, 0.4) is 0 Å². The van der Waals surface area contributed by atoms with Crippen LogP contribution in [0.5, 0.6) is 11.5 Å². The molecular formula is C19H15NO5. The maximum atomic E-state index is 12.1. The van der Waals surface area contributed by atoms with Gasteiger partial charge >= 0.3 is 11.9 Å². The number of benzene rings is 2. The highest BCUT2D eigenvalue weighted by molar-refractivity contribution is 5.91. The summed E-state index contributed by atoms with van der Waals surface area (Å²) in [6.45, 7) is 0.295. The number of hydrogen-bond donors (Lipinski definition) is 1. The number of nitrogens with zero attached hydrogens (tertiary/aromatic N) is 1. The van der Waals surface area contributed by atoms with E-state index >= 15 is 0 Å². The van der Waals surface area contributed by atoms with Gasteiger partial charge < -0.3 is 14.6 Å². The Morgan fingerprint density at radius 1 is 1.04 bits per heavy atom. The standard InChI is InChI=1S/C19H15NO5/c20-12-1-13-24-16-9-5-15(6-10-16)19(23)25-17-7-2-14(3-8-17)4-11-18(21)22/h2-11H,1,13H2,(H,21,22). The van der Waals surface area contributed by atoms with Crippen molar-refractivity contribution in [3.05, 3.63) is 65.7 Å². The van der Waals surface area contributed by atoms with E-state index in [1.54, 1.807) is 48.5 Å². The molecule has 1 N–H and O–H groups in total. The van der Waals surface area contributed by atoms with E-state index in [1.165, 1.54) is 6.08 Å². The minimum Gasteiger partial charge on any atom is -0.493 e. The predicted molar refractivity (Wildman–Crippen MR) is 90.2 cm³/mol. The van der Waals surface area contributed by atoms with Gasteiger partial charge in [0, 0.05) is 6.08 Å². The molecule has 2 aromatic rings. The van der Waals surface area contributed by atoms with Gasteiger partial charge in [-0.15, -0.1) is 0 Å². The van der Waals surface area contributed by atoms with E-state index < -0.39 is 11.9 Å². The van der Waals surface area contributed by atoms with Gasteiger partial charge in [0.1, 0.15) is 18.1 Å². The molecule has 0 unspecified atom stereocenters. The fraction of sp³-hybridized carbons (Fsp3) is 0.105. The molecule has 0 aromatic heterocycles. The van der Waals surface area contributed by atoms with Crippen LogP contribution in [-0.4, -0.2) is 23.7 Å². The van der Waals surface area contributed by atoms with Crippen molar-refractivity contribution in [2.45, 2.75) is 6.42 Å². The number of hydrogen-bond acceptors (Lipinski definition) is 5. The van der Waals surface area contributed by atoms with Crippen LogP contribution in [0.4, 0.5) is 0 Å². The van der Waals surface area contributed by atoms with Gasteiger partial charge in [0.2, 0.25) is 0 Å². The minimum absolute atomic E-state index is 0.293. The van der Waals surface area contributed by atoms with Gasteiger partial charge in [-0.1, -0.05) is 12.1 Å². The molecule has 25 heavy (non-hydrogen) atoms. The van der Waals surface area contributed by atoms with Crippen molar-refractivity contribution < 1.29 is 24.2 Å². The Balaban J connectivity index is 1.95. The molecule has 6 nitrogen and oxygen atoms in total. The Bertz CT molecular complexity index is 801. The first-order valence-corrected chi connectivity index (χ1v) is 7.41. The molecule has 6 heteroatoms. The average Bonchev–Trinajstić information content (AvgIpc) is 2.62. The molecule has 0 amide bonds. The molecule has 0 bridgehead atoms. The number of nitriles is 1. The molecular weight excluding hydrogens is 322 g/mol. The average molecular weight is 337 g/mol. The summed E-state index contributed by atoms with van der Waals surface area (Å²) in [6.07, 6.45) is 2.77. The van der Waals surface area contributed by atoms with Gasteiger partial charge in [-0.2, -0.15) is 5.26 Å². The summed E-state index contributed by atoms with van der Waals surface area (Å²) >= 11 is 0. The van der Waals surface area contributed by atoms with Crippen LogP contribution in [0.2, 0.25) is 0 Å². The van der Waals surface area contributed by atoms with Crippen molar-refractivity contribution in [2.24, 2.45) is 0 Å². The molecule has 0 saturated carbocycles. The zero-order chi connectivity index (χ0) is 18.1. The Morgan fingerprint density at radius 2 is 1.68 bits per heavy atom. The number of aliphatic carboxylic acids is 1. The highest BCUT2D eigenvalue weighted by atomic mass is 16.5. The summed E-state index contributed by atoms with van der Waals surface area (Å²) in [6, 6.07) is 14.9. The molecule has 0 atom stereocenters. The predicted octanol–water partition coefficient (Wildman–Crippen LogP) is 3.30. The summed E-state index contributed by atoms with van der Waals surface area (Å²) in [5, 5.41) is 17.0. The van der Waals surface area contributed by atoms with Crippen LogP contribution in [-0.2, 0) is 4.79 Å². The van der Waals surface area contributed by atoms with Crippen molar-refractivity contribution in [3.63, 3.8) is 0 Å². The number of carboxylic acid groups (broad SMARTS) is 1. The van der Waals surface area contributed by atoms with Crippen LogP contribution in [0.25, 0.3) is 6.08 Å². The lowest BCUT2D eigenvalue weighted by molar-refractivity contribution is -0.131. The second kappa shape index (κ2) is 8.89. The van der Waals surface area contributed by atoms with E-state index in [-0.39, 0.29) is 0 Å². The number of rotatable bonds is 7. The lowest BCUT2D eigenvalue weighted by Gasteiger charge is -2.06. The fourth-order valence-electron chi connectivity index (χ4n) is 1.88. The number of ether oxygens (including phenoxy) is 2. The first-order chi connectivity index (χ1) is 12.1. The van der Waals surface area contributed by atoms with Gasteiger partial charge in [-0.3, -0.25) is 0 Å². The third kappa shape index (κ3) is 5.84. The van der Waals surface area contributed by atoms with Gasteiger partial charge in [-0.25, -0.2) is 9.59 Å². The van der Waals surface area contributed by atoms with Gasteiger partial charge in [0.25, 0.3) is 0 Å². The van der Waals surface area contributed by atoms with E-state index in [0.29, 0.717) is 35.7 Å². The van der Waals surface area contributed by atoms with Gasteiger partial charge in [0.15, 0.2) is 0 Å². The molecule has 0 spiro atoms. The highest BCUT2D eigenvalue weighted by Crippen LogP contribution is 2.17. The molecule has 0 radical (unpaired) electrons. The van der Waals surface area contributed by atoms with Crippen LogP contribution >= 0.6 is 0 Å². The van der Waals surface area contributed by atoms with Gasteiger partial charge in [0.05, 0.1) is 18.1 Å². The van der Waals surface area contributed by atoms with E-state index in [9.17, 15) is 9.59 Å². The normalized spacial score (nSPS) is 10.2. The van der Waals surface area contributed by atoms with Crippen molar-refractivity contribution in [3.8, 4) is 17.6 Å². The molecule has 2 rings (SSSR count). The number of carbonyl (C=O) groups excluding carboxylic acids is 1. The van der Waals surface area contributed by atoms with Crippen molar-refractivity contribution in [1.82, 2.24) is 0 Å². The van der Waals surface area contributed by atoms with Crippen LogP contribution in [0.15, 0.2) is 54.6 Å². The molecule has 0 saturated heterocycles. The number of esters is 1. The maximum Gasteiger partial charge on any atom is 0.343 e. The summed E-state index contributed by atoms with van der Waals surface area (Å²) < 4.78 is 10.6. The molecule has 126 valence electrons. The smallest absolute Gasteiger partial charge is 0.343 e. The van der Waals surface area contributed by atoms with E-state index in [0.717, 1.165) is 6.08 Å². The van der Waals surface area contributed by atoms with Crippen molar-refractivity contribution in [2.75, 3.05) is 6.61 Å². The highest BCUT2D eigenvalue weighted by Gasteiger charge is 2.08. The maximum absolute atomic E-state index is 12.1. The SMILES string of the molecule is N#CCCOc1ccc(C(=O)Oc2ccc(C=CC(=O)O)cc2)cc1. The zero-order valence-corrected chi connectivity index (χ0v) is 13.2. The summed E-state index contributed by atoms with van der Waals surface area (Å²) in [5.41, 5.74) is 1.04. The first kappa shape index (κ1) is 17.8. The zero-order valence-electron chi connectivity index (χ0n) is 13.2. The van der Waals surface area contributed by atoms with Crippen LogP contribution in [0, 0.1) is 11.3 Å². The van der Waals surface area contributed by atoms with Crippen molar-refractivity contribution in [1.29, 1.82) is 5.26 Å². The molecule has 0 aliphatic heterocycles. The lowest BCUT2D eigenvalue weighted by atomic mass is 10.2. The second-order valence-electron chi connectivity index (χ2n) is 4.91. The molecule has 0 aliphatic carbocycles. The van der Waals surface area contributed by atoms with Crippen molar-refractivity contribution >= 4 is 18.0 Å². The van der Waals surface area contributed by atoms with E-state index in [1.807, 2.05) is 6.07 Å².